The number of hydrogen-bond donors (Lipinski definition) is 1. The molecule has 0 aliphatic rings. The number of aromatic nitrogens is 5. The molecule has 0 aliphatic carbocycles. The third-order valence-electron chi connectivity index (χ3n) is 6.82. The second-order valence-electron chi connectivity index (χ2n) is 9.59. The second kappa shape index (κ2) is 9.89. The van der Waals surface area contributed by atoms with E-state index in [4.69, 9.17) is 0 Å². The Morgan fingerprint density at radius 1 is 1.06 bits per heavy atom. The number of nitrogens with one attached hydrogen (secondary N) is 1. The molecule has 7 nitrogen and oxygen atoms in total. The molecule has 0 saturated carbocycles. The van der Waals surface area contributed by atoms with Crippen LogP contribution in [0.25, 0.3) is 10.9 Å². The number of aromatic amines is 1. The van der Waals surface area contributed by atoms with E-state index in [9.17, 15) is 4.79 Å². The van der Waals surface area contributed by atoms with Crippen molar-refractivity contribution in [2.45, 2.75) is 72.1 Å². The minimum Gasteiger partial charge on any atom is -0.321 e. The number of hydrogen-bond acceptors (Lipinski definition) is 5. The minimum absolute atomic E-state index is 0.0476. The highest BCUT2D eigenvalue weighted by molar-refractivity contribution is 5.81. The predicted octanol–water partition coefficient (Wildman–Crippen LogP) is 5.12. The van der Waals surface area contributed by atoms with Crippen LogP contribution >= 0.6 is 0 Å². The summed E-state index contributed by atoms with van der Waals surface area (Å²) in [5, 5.41) is 13.9. The summed E-state index contributed by atoms with van der Waals surface area (Å²) in [6, 6.07) is 18.4. The van der Waals surface area contributed by atoms with Crippen LogP contribution in [0.5, 0.6) is 0 Å². The van der Waals surface area contributed by atoms with Gasteiger partial charge in [0.15, 0.2) is 5.82 Å². The van der Waals surface area contributed by atoms with E-state index < -0.39 is 0 Å². The van der Waals surface area contributed by atoms with Crippen molar-refractivity contribution >= 4 is 10.9 Å². The van der Waals surface area contributed by atoms with E-state index in [0.29, 0.717) is 13.1 Å². The number of rotatable bonds is 9. The molecule has 0 saturated heterocycles. The van der Waals surface area contributed by atoms with E-state index in [1.54, 1.807) is 0 Å². The fourth-order valence-electron chi connectivity index (χ4n) is 4.45. The monoisotopic (exact) mass is 458 g/mol. The lowest BCUT2D eigenvalue weighted by molar-refractivity contribution is 0.150. The summed E-state index contributed by atoms with van der Waals surface area (Å²) < 4.78 is 1.95. The number of fused-ring (bicyclic) bond motifs is 1. The van der Waals surface area contributed by atoms with Crippen molar-refractivity contribution in [3.05, 3.63) is 87.5 Å². The molecule has 0 amide bonds. The van der Waals surface area contributed by atoms with Crippen molar-refractivity contribution in [2.75, 3.05) is 0 Å². The first-order valence-corrected chi connectivity index (χ1v) is 12.0. The molecule has 0 aliphatic heterocycles. The first-order valence-electron chi connectivity index (χ1n) is 12.0. The molecule has 2 aromatic carbocycles. The van der Waals surface area contributed by atoms with Gasteiger partial charge in [0.05, 0.1) is 17.1 Å². The lowest BCUT2D eigenvalue weighted by Crippen LogP contribution is -2.36. The first-order chi connectivity index (χ1) is 16.3. The number of benzene rings is 2. The number of H-pyrrole nitrogens is 1. The predicted molar refractivity (Wildman–Crippen MR) is 135 cm³/mol. The van der Waals surface area contributed by atoms with E-state index in [-0.39, 0.29) is 17.1 Å². The van der Waals surface area contributed by atoms with Crippen LogP contribution in [0.2, 0.25) is 0 Å². The molecule has 0 bridgehead atoms. The Hall–Kier alpha value is -3.32. The van der Waals surface area contributed by atoms with Crippen LogP contribution in [0.1, 0.15) is 69.1 Å². The highest BCUT2D eigenvalue weighted by Crippen LogP contribution is 2.30. The molecular weight excluding hydrogens is 424 g/mol. The Labute approximate surface area is 200 Å². The quantitative estimate of drug-likeness (QED) is 0.376. The van der Waals surface area contributed by atoms with Crippen molar-refractivity contribution in [2.24, 2.45) is 0 Å². The van der Waals surface area contributed by atoms with Crippen molar-refractivity contribution in [1.82, 2.24) is 30.1 Å². The van der Waals surface area contributed by atoms with Gasteiger partial charge in [0.1, 0.15) is 0 Å². The van der Waals surface area contributed by atoms with Gasteiger partial charge in [-0.05, 0) is 66.6 Å². The summed E-state index contributed by atoms with van der Waals surface area (Å²) in [5.74, 6) is 0.832. The number of tetrazole rings is 1. The van der Waals surface area contributed by atoms with Gasteiger partial charge in [-0.2, -0.15) is 0 Å². The fraction of sp³-hybridized carbons (Fsp3) is 0.407. The third kappa shape index (κ3) is 4.80. The van der Waals surface area contributed by atoms with Gasteiger partial charge < -0.3 is 4.98 Å². The van der Waals surface area contributed by atoms with Crippen molar-refractivity contribution in [3.63, 3.8) is 0 Å². The van der Waals surface area contributed by atoms with Gasteiger partial charge in [-0.3, -0.25) is 9.69 Å². The van der Waals surface area contributed by atoms with Crippen LogP contribution in [-0.2, 0) is 18.6 Å². The molecule has 0 unspecified atom stereocenters. The summed E-state index contributed by atoms with van der Waals surface area (Å²) in [6.45, 7) is 11.8. The Bertz CT molecular complexity index is 1310. The zero-order valence-electron chi connectivity index (χ0n) is 20.7. The van der Waals surface area contributed by atoms with Gasteiger partial charge in [0, 0.05) is 18.7 Å². The summed E-state index contributed by atoms with van der Waals surface area (Å²) in [6.07, 6.45) is 1.72. The van der Waals surface area contributed by atoms with Gasteiger partial charge in [-0.15, -0.1) is 5.10 Å². The van der Waals surface area contributed by atoms with Gasteiger partial charge in [-0.1, -0.05) is 62.4 Å². The maximum absolute atomic E-state index is 13.1. The Morgan fingerprint density at radius 2 is 1.82 bits per heavy atom. The summed E-state index contributed by atoms with van der Waals surface area (Å²) in [5.41, 5.74) is 3.62. The van der Waals surface area contributed by atoms with Crippen LogP contribution in [0.15, 0.2) is 59.4 Å². The van der Waals surface area contributed by atoms with E-state index in [0.717, 1.165) is 40.7 Å². The van der Waals surface area contributed by atoms with Crippen LogP contribution in [0, 0.1) is 6.92 Å². The number of aryl methyl sites for hydroxylation is 1. The molecule has 7 heteroatoms. The Kier molecular flexibility index (Phi) is 6.93. The largest absolute Gasteiger partial charge is 0.321 e. The zero-order chi connectivity index (χ0) is 24.3. The summed E-state index contributed by atoms with van der Waals surface area (Å²) in [7, 11) is 0. The van der Waals surface area contributed by atoms with Crippen molar-refractivity contribution in [3.8, 4) is 0 Å². The maximum atomic E-state index is 13.1. The average Bonchev–Trinajstić information content (AvgIpc) is 3.32. The topological polar surface area (TPSA) is 79.7 Å². The molecule has 2 aromatic heterocycles. The highest BCUT2D eigenvalue weighted by Gasteiger charge is 2.31. The van der Waals surface area contributed by atoms with Gasteiger partial charge in [0.25, 0.3) is 5.56 Å². The highest BCUT2D eigenvalue weighted by atomic mass is 16.1. The van der Waals surface area contributed by atoms with Crippen LogP contribution < -0.4 is 5.56 Å². The molecule has 0 radical (unpaired) electrons. The normalized spacial score (nSPS) is 13.0. The van der Waals surface area contributed by atoms with Crippen LogP contribution in [0.4, 0.5) is 0 Å². The molecule has 0 spiro atoms. The molecule has 178 valence electrons. The first kappa shape index (κ1) is 23.8. The van der Waals surface area contributed by atoms with E-state index in [1.165, 1.54) is 5.56 Å². The smallest absolute Gasteiger partial charge is 0.252 e. The number of pyridine rings is 1. The molecule has 34 heavy (non-hydrogen) atoms. The zero-order valence-corrected chi connectivity index (χ0v) is 20.7. The molecule has 4 aromatic rings. The number of nitrogens with zero attached hydrogens (tertiary/aromatic N) is 5. The second-order valence-corrected chi connectivity index (χ2v) is 9.59. The Balaban J connectivity index is 1.77. The average molecular weight is 459 g/mol. The van der Waals surface area contributed by atoms with Gasteiger partial charge in [-0.25, -0.2) is 4.68 Å². The number of para-hydroxylation sites is 1. The molecular formula is C27H34N6O. The minimum atomic E-state index is -0.206. The molecule has 2 heterocycles. The van der Waals surface area contributed by atoms with Crippen molar-refractivity contribution < 1.29 is 0 Å². The molecule has 1 atom stereocenters. The Morgan fingerprint density at radius 3 is 2.53 bits per heavy atom. The van der Waals surface area contributed by atoms with Crippen molar-refractivity contribution in [1.29, 1.82) is 0 Å². The SMILES string of the molecule is CC[C@@H](c1nnnn1C(C)(C)CC)N(Cc1ccccc1)Cc1cc2cccc(C)c2[nH]c1=O. The van der Waals surface area contributed by atoms with E-state index >= 15 is 0 Å². The fourth-order valence-corrected chi connectivity index (χ4v) is 4.45. The molecule has 4 rings (SSSR count). The lowest BCUT2D eigenvalue weighted by atomic mass is 10.0. The van der Waals surface area contributed by atoms with Crippen LogP contribution in [-0.4, -0.2) is 30.1 Å². The summed E-state index contributed by atoms with van der Waals surface area (Å²) in [4.78, 5) is 18.5. The molecule has 1 N–H and O–H groups in total. The molecule has 0 fully saturated rings. The van der Waals surface area contributed by atoms with Gasteiger partial charge in [0.2, 0.25) is 0 Å². The van der Waals surface area contributed by atoms with E-state index in [2.05, 4.69) is 65.2 Å². The summed E-state index contributed by atoms with van der Waals surface area (Å²) >= 11 is 0. The lowest BCUT2D eigenvalue weighted by Gasteiger charge is -2.33. The van der Waals surface area contributed by atoms with E-state index in [1.807, 2.05) is 54.1 Å². The third-order valence-corrected chi connectivity index (χ3v) is 6.82. The maximum Gasteiger partial charge on any atom is 0.252 e. The van der Waals surface area contributed by atoms with Gasteiger partial charge >= 0.3 is 0 Å². The van der Waals surface area contributed by atoms with Crippen LogP contribution in [0.3, 0.4) is 0 Å². The standard InChI is InChI=1S/C27H34N6O/c1-6-23(25-29-30-31-33(25)27(4,5)7-2)32(17-20-13-9-8-10-14-20)18-22-16-21-15-11-12-19(3)24(21)28-26(22)34/h8-16,23H,6-7,17-18H2,1-5H3,(H,28,34)/t23-/m0/s1.